The molecule has 0 radical (unpaired) electrons. The predicted octanol–water partition coefficient (Wildman–Crippen LogP) is 0.303. The Labute approximate surface area is 87.5 Å². The zero-order chi connectivity index (χ0) is 11.4. The van der Waals surface area contributed by atoms with E-state index < -0.39 is 5.97 Å². The zero-order valence-corrected chi connectivity index (χ0v) is 8.84. The largest absolute Gasteiger partial charge is 0.476 e. The Balaban J connectivity index is 2.74. The first kappa shape index (κ1) is 11.6. The number of hydrogen-bond acceptors (Lipinski definition) is 4. The molecule has 0 saturated heterocycles. The van der Waals surface area contributed by atoms with Crippen LogP contribution in [0.3, 0.4) is 0 Å². The number of aromatic carboxylic acids is 1. The van der Waals surface area contributed by atoms with E-state index in [1.807, 2.05) is 6.92 Å². The summed E-state index contributed by atoms with van der Waals surface area (Å²) in [7, 11) is 0. The minimum absolute atomic E-state index is 0.00815. The maximum absolute atomic E-state index is 10.7. The number of aromatic nitrogens is 3. The van der Waals surface area contributed by atoms with Crippen LogP contribution in [0.5, 0.6) is 0 Å². The van der Waals surface area contributed by atoms with Crippen LogP contribution in [-0.2, 0) is 6.54 Å². The minimum atomic E-state index is -1.06. The van der Waals surface area contributed by atoms with Crippen LogP contribution in [0.1, 0.15) is 29.5 Å². The smallest absolute Gasteiger partial charge is 0.358 e. The van der Waals surface area contributed by atoms with E-state index in [1.54, 1.807) is 11.6 Å². The molecule has 0 aliphatic heterocycles. The lowest BCUT2D eigenvalue weighted by atomic mass is 10.1. The minimum Gasteiger partial charge on any atom is -0.476 e. The molecule has 1 unspecified atom stereocenters. The summed E-state index contributed by atoms with van der Waals surface area (Å²) in [5.41, 5.74) is 0.540. The first-order valence-electron chi connectivity index (χ1n) is 4.80. The van der Waals surface area contributed by atoms with Gasteiger partial charge in [-0.1, -0.05) is 12.1 Å². The second-order valence-corrected chi connectivity index (χ2v) is 3.63. The van der Waals surface area contributed by atoms with E-state index in [-0.39, 0.29) is 18.2 Å². The summed E-state index contributed by atoms with van der Waals surface area (Å²) in [5, 5.41) is 24.8. The van der Waals surface area contributed by atoms with Crippen molar-refractivity contribution in [1.29, 1.82) is 0 Å². The molecular formula is C9H15N3O3. The predicted molar refractivity (Wildman–Crippen MR) is 52.6 cm³/mol. The SMILES string of the molecule is Cc1c(C(=O)O)nnn1CC(C)CCO. The van der Waals surface area contributed by atoms with Crippen molar-refractivity contribution < 1.29 is 15.0 Å². The number of carbonyl (C=O) groups is 1. The third-order valence-corrected chi connectivity index (χ3v) is 2.29. The van der Waals surface area contributed by atoms with Gasteiger partial charge in [0, 0.05) is 13.2 Å². The van der Waals surface area contributed by atoms with Gasteiger partial charge in [-0.25, -0.2) is 9.48 Å². The lowest BCUT2D eigenvalue weighted by Gasteiger charge is -2.09. The average molecular weight is 213 g/mol. The number of nitrogens with zero attached hydrogens (tertiary/aromatic N) is 3. The summed E-state index contributed by atoms with van der Waals surface area (Å²) in [6, 6.07) is 0. The highest BCUT2D eigenvalue weighted by molar-refractivity contribution is 5.86. The molecule has 0 spiro atoms. The van der Waals surface area contributed by atoms with Crippen LogP contribution in [0.25, 0.3) is 0 Å². The van der Waals surface area contributed by atoms with Gasteiger partial charge >= 0.3 is 5.97 Å². The van der Waals surface area contributed by atoms with Crippen molar-refractivity contribution in [3.8, 4) is 0 Å². The molecule has 0 amide bonds. The summed E-state index contributed by atoms with van der Waals surface area (Å²) in [5.74, 6) is -0.814. The molecule has 0 aromatic carbocycles. The number of carboxylic acids is 1. The van der Waals surface area contributed by atoms with E-state index in [0.717, 1.165) is 0 Å². The van der Waals surface area contributed by atoms with Crippen molar-refractivity contribution in [3.05, 3.63) is 11.4 Å². The monoisotopic (exact) mass is 213 g/mol. The molecule has 0 saturated carbocycles. The van der Waals surface area contributed by atoms with Crippen LogP contribution in [0, 0.1) is 12.8 Å². The van der Waals surface area contributed by atoms with Gasteiger partial charge in [0.1, 0.15) is 0 Å². The Kier molecular flexibility index (Phi) is 3.79. The molecular weight excluding hydrogens is 198 g/mol. The van der Waals surface area contributed by atoms with Gasteiger partial charge in [0.25, 0.3) is 0 Å². The summed E-state index contributed by atoms with van der Waals surface area (Å²) in [6.45, 7) is 4.35. The second kappa shape index (κ2) is 4.88. The van der Waals surface area contributed by atoms with Gasteiger partial charge in [-0.3, -0.25) is 0 Å². The fourth-order valence-electron chi connectivity index (χ4n) is 1.34. The van der Waals surface area contributed by atoms with Gasteiger partial charge in [-0.2, -0.15) is 0 Å². The highest BCUT2D eigenvalue weighted by Crippen LogP contribution is 2.09. The van der Waals surface area contributed by atoms with Gasteiger partial charge in [-0.05, 0) is 19.3 Å². The maximum Gasteiger partial charge on any atom is 0.358 e. The quantitative estimate of drug-likeness (QED) is 0.734. The molecule has 1 heterocycles. The number of hydrogen-bond donors (Lipinski definition) is 2. The van der Waals surface area contributed by atoms with Crippen LogP contribution in [-0.4, -0.2) is 37.8 Å². The summed E-state index contributed by atoms with van der Waals surface area (Å²) >= 11 is 0. The lowest BCUT2D eigenvalue weighted by molar-refractivity contribution is 0.0689. The summed E-state index contributed by atoms with van der Waals surface area (Å²) < 4.78 is 1.56. The molecule has 1 rings (SSSR count). The molecule has 0 aliphatic carbocycles. The van der Waals surface area contributed by atoms with E-state index in [1.165, 1.54) is 0 Å². The van der Waals surface area contributed by atoms with Gasteiger partial charge in [0.05, 0.1) is 5.69 Å². The molecule has 1 aromatic heterocycles. The summed E-state index contributed by atoms with van der Waals surface area (Å²) in [4.78, 5) is 10.7. The van der Waals surface area contributed by atoms with Gasteiger partial charge in [0.2, 0.25) is 0 Å². The molecule has 6 heteroatoms. The Hall–Kier alpha value is -1.43. The molecule has 15 heavy (non-hydrogen) atoms. The van der Waals surface area contributed by atoms with Gasteiger partial charge in [-0.15, -0.1) is 5.10 Å². The Bertz CT molecular complexity index is 348. The van der Waals surface area contributed by atoms with Gasteiger partial charge in [0.15, 0.2) is 5.69 Å². The first-order chi connectivity index (χ1) is 7.06. The fourth-order valence-corrected chi connectivity index (χ4v) is 1.34. The highest BCUT2D eigenvalue weighted by atomic mass is 16.4. The van der Waals surface area contributed by atoms with Crippen molar-refractivity contribution in [1.82, 2.24) is 15.0 Å². The Morgan fingerprint density at radius 1 is 1.60 bits per heavy atom. The zero-order valence-electron chi connectivity index (χ0n) is 8.84. The first-order valence-corrected chi connectivity index (χ1v) is 4.80. The maximum atomic E-state index is 10.7. The number of aliphatic hydroxyl groups is 1. The van der Waals surface area contributed by atoms with Crippen molar-refractivity contribution >= 4 is 5.97 Å². The van der Waals surface area contributed by atoms with Crippen LogP contribution in [0.2, 0.25) is 0 Å². The molecule has 2 N–H and O–H groups in total. The fraction of sp³-hybridized carbons (Fsp3) is 0.667. The molecule has 0 bridgehead atoms. The van der Waals surface area contributed by atoms with E-state index >= 15 is 0 Å². The molecule has 0 aliphatic rings. The molecule has 1 aromatic rings. The molecule has 84 valence electrons. The van der Waals surface area contributed by atoms with E-state index in [0.29, 0.717) is 18.7 Å². The van der Waals surface area contributed by atoms with Crippen molar-refractivity contribution in [2.24, 2.45) is 5.92 Å². The third-order valence-electron chi connectivity index (χ3n) is 2.29. The van der Waals surface area contributed by atoms with E-state index in [9.17, 15) is 4.79 Å². The van der Waals surface area contributed by atoms with Crippen LogP contribution >= 0.6 is 0 Å². The van der Waals surface area contributed by atoms with Crippen LogP contribution < -0.4 is 0 Å². The lowest BCUT2D eigenvalue weighted by Crippen LogP contribution is -2.12. The van der Waals surface area contributed by atoms with Gasteiger partial charge < -0.3 is 10.2 Å². The Morgan fingerprint density at radius 3 is 2.73 bits per heavy atom. The topological polar surface area (TPSA) is 88.2 Å². The van der Waals surface area contributed by atoms with Crippen molar-refractivity contribution in [3.63, 3.8) is 0 Å². The van der Waals surface area contributed by atoms with Crippen LogP contribution in [0.15, 0.2) is 0 Å². The standard InChI is InChI=1S/C9H15N3O3/c1-6(3-4-13)5-12-7(2)8(9(14)15)10-11-12/h6,13H,3-5H2,1-2H3,(H,14,15). The molecule has 1 atom stereocenters. The number of rotatable bonds is 5. The third kappa shape index (κ3) is 2.76. The molecule has 6 nitrogen and oxygen atoms in total. The summed E-state index contributed by atoms with van der Waals surface area (Å²) in [6.07, 6.45) is 0.668. The highest BCUT2D eigenvalue weighted by Gasteiger charge is 2.15. The normalized spacial score (nSPS) is 12.7. The van der Waals surface area contributed by atoms with E-state index in [2.05, 4.69) is 10.3 Å². The van der Waals surface area contributed by atoms with Crippen molar-refractivity contribution in [2.75, 3.05) is 6.61 Å². The number of carboxylic acid groups (broad SMARTS) is 1. The molecule has 0 fully saturated rings. The van der Waals surface area contributed by atoms with Crippen LogP contribution in [0.4, 0.5) is 0 Å². The van der Waals surface area contributed by atoms with E-state index in [4.69, 9.17) is 10.2 Å². The average Bonchev–Trinajstić information content (AvgIpc) is 2.48. The number of aliphatic hydroxyl groups excluding tert-OH is 1. The second-order valence-electron chi connectivity index (χ2n) is 3.63. The Morgan fingerprint density at radius 2 is 2.27 bits per heavy atom. The van der Waals surface area contributed by atoms with Crippen molar-refractivity contribution in [2.45, 2.75) is 26.8 Å².